The number of aliphatic hydroxyl groups is 1. The lowest BCUT2D eigenvalue weighted by Gasteiger charge is -2.28. The van der Waals surface area contributed by atoms with Crippen LogP contribution >= 0.6 is 0 Å². The van der Waals surface area contributed by atoms with Gasteiger partial charge in [0.2, 0.25) is 0 Å². The molecule has 0 spiro atoms. The third kappa shape index (κ3) is 5.45. The number of hydrogen-bond donors (Lipinski definition) is 2. The Morgan fingerprint density at radius 2 is 2.03 bits per heavy atom. The summed E-state index contributed by atoms with van der Waals surface area (Å²) in [6, 6.07) is 12.0. The second-order valence-electron chi connectivity index (χ2n) is 10.8. The molecule has 0 aliphatic heterocycles. The average Bonchev–Trinajstić information content (AvgIpc) is 3.49. The number of aromatic amines is 1. The molecule has 2 aromatic heterocycles. The maximum Gasteiger partial charge on any atom is 0.343 e. The highest BCUT2D eigenvalue weighted by atomic mass is 28.3. The van der Waals surface area contributed by atoms with Crippen LogP contribution in [0.2, 0.25) is 25.7 Å². The molecule has 0 saturated heterocycles. The Bertz CT molecular complexity index is 1520. The predicted molar refractivity (Wildman–Crippen MR) is 148 cm³/mol. The highest BCUT2D eigenvalue weighted by molar-refractivity contribution is 6.76. The Labute approximate surface area is 223 Å². The molecular weight excluding hydrogens is 500 g/mol. The molecule has 38 heavy (non-hydrogen) atoms. The summed E-state index contributed by atoms with van der Waals surface area (Å²) in [5.41, 5.74) is 2.33. The van der Waals surface area contributed by atoms with Gasteiger partial charge in [-0.1, -0.05) is 19.6 Å². The van der Waals surface area contributed by atoms with Crippen molar-refractivity contribution in [1.29, 1.82) is 5.26 Å². The van der Waals surface area contributed by atoms with E-state index in [4.69, 9.17) is 19.2 Å². The SMILES string of the molecule is COC(=O)COc1cc(C)c2[nH]ccc2c1C(C)(O)c1nc2ccc(C#N)cc2n1COCC[Si](C)(C)C. The molecule has 0 radical (unpaired) electrons. The van der Waals surface area contributed by atoms with Gasteiger partial charge in [-0.2, -0.15) is 5.26 Å². The number of hydrogen-bond acceptors (Lipinski definition) is 7. The molecule has 0 saturated carbocycles. The lowest BCUT2D eigenvalue weighted by atomic mass is 9.89. The number of esters is 1. The molecule has 2 N–H and O–H groups in total. The quantitative estimate of drug-likeness (QED) is 0.170. The highest BCUT2D eigenvalue weighted by Crippen LogP contribution is 2.42. The normalized spacial score (nSPS) is 13.4. The van der Waals surface area contributed by atoms with Crippen molar-refractivity contribution in [1.82, 2.24) is 14.5 Å². The van der Waals surface area contributed by atoms with Gasteiger partial charge < -0.3 is 28.9 Å². The van der Waals surface area contributed by atoms with Crippen LogP contribution in [0.1, 0.15) is 29.4 Å². The fraction of sp³-hybridized carbons (Fsp3) is 0.393. The summed E-state index contributed by atoms with van der Waals surface area (Å²) < 4.78 is 18.5. The first-order valence-corrected chi connectivity index (χ1v) is 16.2. The van der Waals surface area contributed by atoms with Gasteiger partial charge in [-0.15, -0.1) is 0 Å². The molecular formula is C28H34N4O5Si. The number of ether oxygens (including phenoxy) is 3. The Balaban J connectivity index is 1.87. The van der Waals surface area contributed by atoms with Crippen molar-refractivity contribution in [3.63, 3.8) is 0 Å². The molecule has 1 atom stereocenters. The van der Waals surface area contributed by atoms with Crippen molar-refractivity contribution in [2.24, 2.45) is 0 Å². The average molecular weight is 535 g/mol. The third-order valence-electron chi connectivity index (χ3n) is 6.59. The summed E-state index contributed by atoms with van der Waals surface area (Å²) in [5, 5.41) is 22.5. The van der Waals surface area contributed by atoms with Crippen LogP contribution < -0.4 is 4.74 Å². The molecule has 9 nitrogen and oxygen atoms in total. The number of aryl methyl sites for hydroxylation is 1. The minimum atomic E-state index is -1.66. The summed E-state index contributed by atoms with van der Waals surface area (Å²) in [6.45, 7) is 10.9. The Morgan fingerprint density at radius 1 is 1.26 bits per heavy atom. The van der Waals surface area contributed by atoms with Gasteiger partial charge in [0.05, 0.1) is 29.8 Å². The summed E-state index contributed by atoms with van der Waals surface area (Å²) in [5.74, 6) is 0.153. The molecule has 4 aromatic rings. The van der Waals surface area contributed by atoms with Crippen molar-refractivity contribution in [3.05, 3.63) is 59.0 Å². The molecule has 0 aliphatic carbocycles. The van der Waals surface area contributed by atoms with Crippen molar-refractivity contribution in [2.45, 2.75) is 51.9 Å². The van der Waals surface area contributed by atoms with Crippen LogP contribution in [0.15, 0.2) is 36.5 Å². The largest absolute Gasteiger partial charge is 0.481 e. The van der Waals surface area contributed by atoms with Gasteiger partial charge in [-0.05, 0) is 55.8 Å². The van der Waals surface area contributed by atoms with Crippen LogP contribution in [0, 0.1) is 18.3 Å². The first kappa shape index (κ1) is 27.4. The lowest BCUT2D eigenvalue weighted by molar-refractivity contribution is -0.143. The molecule has 0 fully saturated rings. The summed E-state index contributed by atoms with van der Waals surface area (Å²) in [7, 11) is -0.0131. The Morgan fingerprint density at radius 3 is 2.71 bits per heavy atom. The highest BCUT2D eigenvalue weighted by Gasteiger charge is 2.37. The number of carbonyl (C=O) groups is 1. The number of nitriles is 1. The zero-order valence-electron chi connectivity index (χ0n) is 22.7. The monoisotopic (exact) mass is 534 g/mol. The lowest BCUT2D eigenvalue weighted by Crippen LogP contribution is -2.30. The zero-order chi connectivity index (χ0) is 27.7. The van der Waals surface area contributed by atoms with Crippen molar-refractivity contribution >= 4 is 36.0 Å². The molecule has 0 bridgehead atoms. The second-order valence-corrected chi connectivity index (χ2v) is 16.4. The van der Waals surface area contributed by atoms with Crippen LogP contribution in [-0.2, 0) is 26.6 Å². The number of methoxy groups -OCH3 is 1. The van der Waals surface area contributed by atoms with E-state index in [0.717, 1.165) is 22.5 Å². The van der Waals surface area contributed by atoms with Gasteiger partial charge in [0.1, 0.15) is 23.9 Å². The van der Waals surface area contributed by atoms with E-state index in [1.807, 2.05) is 17.6 Å². The summed E-state index contributed by atoms with van der Waals surface area (Å²) >= 11 is 0. The number of imidazole rings is 1. The first-order valence-electron chi connectivity index (χ1n) is 12.5. The van der Waals surface area contributed by atoms with Gasteiger partial charge in [0, 0.05) is 37.3 Å². The number of benzene rings is 2. The van der Waals surface area contributed by atoms with Crippen LogP contribution in [0.25, 0.3) is 21.9 Å². The van der Waals surface area contributed by atoms with Gasteiger partial charge >= 0.3 is 5.97 Å². The van der Waals surface area contributed by atoms with Crippen LogP contribution in [0.3, 0.4) is 0 Å². The predicted octanol–water partition coefficient (Wildman–Crippen LogP) is 4.82. The molecule has 200 valence electrons. The number of carbonyl (C=O) groups excluding carboxylic acids is 1. The summed E-state index contributed by atoms with van der Waals surface area (Å²) in [4.78, 5) is 19.9. The molecule has 4 rings (SSSR count). The van der Waals surface area contributed by atoms with E-state index >= 15 is 0 Å². The Hall–Kier alpha value is -3.65. The Kier molecular flexibility index (Phi) is 7.65. The number of aromatic nitrogens is 3. The van der Waals surface area contributed by atoms with Gasteiger partial charge in [0.15, 0.2) is 6.61 Å². The van der Waals surface area contributed by atoms with E-state index in [0.29, 0.717) is 40.3 Å². The molecule has 10 heteroatoms. The van der Waals surface area contributed by atoms with Crippen molar-refractivity contribution in [2.75, 3.05) is 20.3 Å². The number of H-pyrrole nitrogens is 1. The minimum Gasteiger partial charge on any atom is -0.481 e. The number of rotatable bonds is 10. The molecule has 2 heterocycles. The number of nitrogens with zero attached hydrogens (tertiary/aromatic N) is 3. The molecule has 0 aliphatic rings. The van der Waals surface area contributed by atoms with E-state index in [2.05, 4.69) is 30.7 Å². The number of nitrogens with one attached hydrogen (secondary N) is 1. The number of fused-ring (bicyclic) bond motifs is 2. The molecule has 1 unspecified atom stereocenters. The van der Waals surface area contributed by atoms with E-state index in [9.17, 15) is 15.2 Å². The third-order valence-corrected chi connectivity index (χ3v) is 8.30. The standard InChI is InChI=1S/C28H34N4O5Si/c1-18-13-23(37-16-24(33)35-3)25(20-9-10-30-26(18)20)28(2,34)27-31-21-8-7-19(15-29)14-22(21)32(27)17-36-11-12-38(4,5)6/h7-10,13-14,30,34H,11-12,16-17H2,1-6H3. The van der Waals surface area contributed by atoms with Gasteiger partial charge in [0.25, 0.3) is 0 Å². The summed E-state index contributed by atoms with van der Waals surface area (Å²) in [6.07, 6.45) is 1.79. The fourth-order valence-corrected chi connectivity index (χ4v) is 5.29. The zero-order valence-corrected chi connectivity index (χ0v) is 23.7. The van der Waals surface area contributed by atoms with E-state index in [-0.39, 0.29) is 13.3 Å². The van der Waals surface area contributed by atoms with E-state index in [1.54, 1.807) is 37.4 Å². The van der Waals surface area contributed by atoms with Crippen LogP contribution in [0.5, 0.6) is 5.75 Å². The van der Waals surface area contributed by atoms with Crippen molar-refractivity contribution in [3.8, 4) is 11.8 Å². The van der Waals surface area contributed by atoms with Gasteiger partial charge in [-0.3, -0.25) is 0 Å². The van der Waals surface area contributed by atoms with Gasteiger partial charge in [-0.25, -0.2) is 9.78 Å². The molecule has 2 aromatic carbocycles. The fourth-order valence-electron chi connectivity index (χ4n) is 4.53. The smallest absolute Gasteiger partial charge is 0.343 e. The van der Waals surface area contributed by atoms with Crippen LogP contribution in [0.4, 0.5) is 0 Å². The minimum absolute atomic E-state index is 0.155. The molecule has 0 amide bonds. The van der Waals surface area contributed by atoms with E-state index < -0.39 is 19.6 Å². The van der Waals surface area contributed by atoms with Crippen molar-refractivity contribution < 1.29 is 24.1 Å². The second kappa shape index (κ2) is 10.6. The topological polar surface area (TPSA) is 122 Å². The first-order chi connectivity index (χ1) is 18.0. The maximum absolute atomic E-state index is 12.3. The van der Waals surface area contributed by atoms with Crippen LogP contribution in [-0.4, -0.2) is 54.0 Å². The van der Waals surface area contributed by atoms with E-state index in [1.165, 1.54) is 7.11 Å². The maximum atomic E-state index is 12.3.